The maximum atomic E-state index is 11.3. The van der Waals surface area contributed by atoms with Gasteiger partial charge in [-0.3, -0.25) is 4.79 Å². The largest absolute Gasteiger partial charge is 0.461 e. The molecular weight excluding hydrogens is 220 g/mol. The fourth-order valence-corrected chi connectivity index (χ4v) is 1.40. The first-order chi connectivity index (χ1) is 8.29. The van der Waals surface area contributed by atoms with Crippen molar-refractivity contribution in [2.75, 3.05) is 6.61 Å². The molecule has 0 aliphatic heterocycles. The maximum absolute atomic E-state index is 11.3. The first kappa shape index (κ1) is 11.8. The minimum Gasteiger partial charge on any atom is -0.461 e. The van der Waals surface area contributed by atoms with Crippen LogP contribution in [0, 0.1) is 0 Å². The van der Waals surface area contributed by atoms with Crippen molar-refractivity contribution in [3.8, 4) is 0 Å². The van der Waals surface area contributed by atoms with Crippen molar-refractivity contribution >= 4 is 5.97 Å². The number of allylic oxidation sites excluding steroid dienone is 1. The highest BCUT2D eigenvalue weighted by molar-refractivity contribution is 5.69. The number of esters is 1. The third-order valence-corrected chi connectivity index (χ3v) is 2.55. The average molecular weight is 236 g/mol. The van der Waals surface area contributed by atoms with Crippen LogP contribution in [-0.4, -0.2) is 22.7 Å². The van der Waals surface area contributed by atoms with Gasteiger partial charge in [-0.1, -0.05) is 17.3 Å². The standard InChI is InChI=1S/C12H16N2O3/c1-2-3-8-16-11(15)7-6-10-13-12(14-17-10)9-4-5-9/h2-3,9H,4-8H2,1H3. The van der Waals surface area contributed by atoms with Gasteiger partial charge in [-0.05, 0) is 19.8 Å². The van der Waals surface area contributed by atoms with Crippen LogP contribution < -0.4 is 0 Å². The molecule has 0 unspecified atom stereocenters. The van der Waals surface area contributed by atoms with E-state index in [1.165, 1.54) is 0 Å². The number of carbonyl (C=O) groups excluding carboxylic acids is 1. The monoisotopic (exact) mass is 236 g/mol. The summed E-state index contributed by atoms with van der Waals surface area (Å²) in [5.41, 5.74) is 0. The number of rotatable bonds is 6. The lowest BCUT2D eigenvalue weighted by atomic mass is 10.3. The molecule has 1 fully saturated rings. The first-order valence-electron chi connectivity index (χ1n) is 5.89. The van der Waals surface area contributed by atoms with Gasteiger partial charge < -0.3 is 9.26 Å². The van der Waals surface area contributed by atoms with Crippen LogP contribution in [0.2, 0.25) is 0 Å². The van der Waals surface area contributed by atoms with Crippen LogP contribution in [0.15, 0.2) is 16.7 Å². The Morgan fingerprint density at radius 1 is 1.59 bits per heavy atom. The molecule has 0 amide bonds. The molecule has 17 heavy (non-hydrogen) atoms. The molecule has 0 saturated heterocycles. The minimum absolute atomic E-state index is 0.241. The number of aromatic nitrogens is 2. The Hall–Kier alpha value is -1.65. The van der Waals surface area contributed by atoms with E-state index >= 15 is 0 Å². The van der Waals surface area contributed by atoms with Crippen LogP contribution in [0.1, 0.15) is 43.8 Å². The third kappa shape index (κ3) is 3.69. The molecule has 1 aromatic heterocycles. The number of ether oxygens (including phenoxy) is 1. The number of nitrogens with zero attached hydrogens (tertiary/aromatic N) is 2. The average Bonchev–Trinajstić information content (AvgIpc) is 3.07. The molecule has 0 N–H and O–H groups in total. The summed E-state index contributed by atoms with van der Waals surface area (Å²) in [6, 6.07) is 0. The van der Waals surface area contributed by atoms with Gasteiger partial charge in [0.05, 0.1) is 6.42 Å². The van der Waals surface area contributed by atoms with Crippen molar-refractivity contribution in [1.82, 2.24) is 10.1 Å². The molecule has 2 rings (SSSR count). The predicted octanol–water partition coefficient (Wildman–Crippen LogP) is 2.00. The van der Waals surface area contributed by atoms with E-state index in [4.69, 9.17) is 9.26 Å². The predicted molar refractivity (Wildman–Crippen MR) is 60.4 cm³/mol. The second-order valence-electron chi connectivity index (χ2n) is 4.07. The molecular formula is C12H16N2O3. The highest BCUT2D eigenvalue weighted by atomic mass is 16.5. The summed E-state index contributed by atoms with van der Waals surface area (Å²) in [6.45, 7) is 2.21. The molecule has 1 heterocycles. The molecule has 0 spiro atoms. The summed E-state index contributed by atoms with van der Waals surface area (Å²) in [5.74, 6) is 1.54. The highest BCUT2D eigenvalue weighted by Gasteiger charge is 2.28. The van der Waals surface area contributed by atoms with Crippen molar-refractivity contribution < 1.29 is 14.1 Å². The second kappa shape index (κ2) is 5.61. The zero-order valence-electron chi connectivity index (χ0n) is 9.89. The Balaban J connectivity index is 1.71. The van der Waals surface area contributed by atoms with Crippen LogP contribution in [0.25, 0.3) is 0 Å². The van der Waals surface area contributed by atoms with Gasteiger partial charge in [0.15, 0.2) is 5.82 Å². The van der Waals surface area contributed by atoms with Crippen molar-refractivity contribution in [2.24, 2.45) is 0 Å². The molecule has 0 atom stereocenters. The van der Waals surface area contributed by atoms with Crippen LogP contribution in [0.4, 0.5) is 0 Å². The van der Waals surface area contributed by atoms with Gasteiger partial charge in [0.1, 0.15) is 6.61 Å². The van der Waals surface area contributed by atoms with Crippen molar-refractivity contribution in [1.29, 1.82) is 0 Å². The summed E-state index contributed by atoms with van der Waals surface area (Å²) < 4.78 is 10.0. The van der Waals surface area contributed by atoms with Gasteiger partial charge in [0.25, 0.3) is 0 Å². The van der Waals surface area contributed by atoms with E-state index in [-0.39, 0.29) is 12.4 Å². The fourth-order valence-electron chi connectivity index (χ4n) is 1.40. The number of hydrogen-bond donors (Lipinski definition) is 0. The van der Waals surface area contributed by atoms with Crippen molar-refractivity contribution in [2.45, 2.75) is 38.5 Å². The minimum atomic E-state index is -0.241. The SMILES string of the molecule is CC=CCOC(=O)CCc1nc(C2CC2)no1. The van der Waals surface area contributed by atoms with Gasteiger partial charge in [0, 0.05) is 12.3 Å². The second-order valence-corrected chi connectivity index (χ2v) is 4.07. The Kier molecular flexibility index (Phi) is 3.90. The van der Waals surface area contributed by atoms with E-state index in [1.807, 2.05) is 13.0 Å². The Bertz CT molecular complexity index is 408. The lowest BCUT2D eigenvalue weighted by molar-refractivity contribution is -0.142. The molecule has 0 bridgehead atoms. The lowest BCUT2D eigenvalue weighted by Gasteiger charge is -1.98. The molecule has 1 aliphatic carbocycles. The van der Waals surface area contributed by atoms with Crippen LogP contribution in [0.3, 0.4) is 0 Å². The summed E-state index contributed by atoms with van der Waals surface area (Å²) >= 11 is 0. The summed E-state index contributed by atoms with van der Waals surface area (Å²) in [7, 11) is 0. The first-order valence-corrected chi connectivity index (χ1v) is 5.89. The smallest absolute Gasteiger partial charge is 0.306 e. The van der Waals surface area contributed by atoms with Crippen molar-refractivity contribution in [3.05, 3.63) is 23.9 Å². The lowest BCUT2D eigenvalue weighted by Crippen LogP contribution is -2.05. The molecule has 0 radical (unpaired) electrons. The van der Waals surface area contributed by atoms with Crippen LogP contribution >= 0.6 is 0 Å². The maximum Gasteiger partial charge on any atom is 0.306 e. The molecule has 0 aromatic carbocycles. The Morgan fingerprint density at radius 2 is 2.41 bits per heavy atom. The number of carbonyl (C=O) groups is 1. The zero-order valence-corrected chi connectivity index (χ0v) is 9.89. The highest BCUT2D eigenvalue weighted by Crippen LogP contribution is 2.38. The number of aryl methyl sites for hydroxylation is 1. The van der Waals surface area contributed by atoms with Crippen molar-refractivity contribution in [3.63, 3.8) is 0 Å². The summed E-state index contributed by atoms with van der Waals surface area (Å²) in [4.78, 5) is 15.5. The summed E-state index contributed by atoms with van der Waals surface area (Å²) in [5, 5.41) is 3.88. The van der Waals surface area contributed by atoms with Gasteiger partial charge in [-0.2, -0.15) is 4.98 Å². The Labute approximate surface area is 99.8 Å². The molecule has 92 valence electrons. The number of hydrogen-bond acceptors (Lipinski definition) is 5. The normalized spacial score (nSPS) is 15.4. The molecule has 1 aliphatic rings. The van der Waals surface area contributed by atoms with Crippen LogP contribution in [-0.2, 0) is 16.0 Å². The van der Waals surface area contributed by atoms with Gasteiger partial charge in [-0.15, -0.1) is 0 Å². The van der Waals surface area contributed by atoms with E-state index in [2.05, 4.69) is 10.1 Å². The Morgan fingerprint density at radius 3 is 3.12 bits per heavy atom. The zero-order chi connectivity index (χ0) is 12.1. The van der Waals surface area contributed by atoms with Gasteiger partial charge >= 0.3 is 5.97 Å². The molecule has 1 aromatic rings. The van der Waals surface area contributed by atoms with E-state index in [9.17, 15) is 4.79 Å². The summed E-state index contributed by atoms with van der Waals surface area (Å²) in [6.07, 6.45) is 6.65. The van der Waals surface area contributed by atoms with Gasteiger partial charge in [0.2, 0.25) is 5.89 Å². The van der Waals surface area contributed by atoms with E-state index in [0.29, 0.717) is 24.8 Å². The van der Waals surface area contributed by atoms with Gasteiger partial charge in [-0.25, -0.2) is 0 Å². The quantitative estimate of drug-likeness (QED) is 0.558. The van der Waals surface area contributed by atoms with E-state index in [1.54, 1.807) is 6.08 Å². The molecule has 5 heteroatoms. The third-order valence-electron chi connectivity index (χ3n) is 2.55. The molecule has 1 saturated carbocycles. The fraction of sp³-hybridized carbons (Fsp3) is 0.583. The van der Waals surface area contributed by atoms with E-state index < -0.39 is 0 Å². The van der Waals surface area contributed by atoms with E-state index in [0.717, 1.165) is 18.7 Å². The molecule has 5 nitrogen and oxygen atoms in total. The topological polar surface area (TPSA) is 65.2 Å². The van der Waals surface area contributed by atoms with Crippen LogP contribution in [0.5, 0.6) is 0 Å².